The van der Waals surface area contributed by atoms with E-state index in [9.17, 15) is 33.1 Å². The van der Waals surface area contributed by atoms with Crippen LogP contribution in [0.2, 0.25) is 0 Å². The van der Waals surface area contributed by atoms with E-state index in [1.807, 2.05) is 0 Å². The summed E-state index contributed by atoms with van der Waals surface area (Å²) in [6, 6.07) is 1.29. The highest BCUT2D eigenvalue weighted by molar-refractivity contribution is 7.66. The third-order valence-electron chi connectivity index (χ3n) is 5.07. The van der Waals surface area contributed by atoms with Gasteiger partial charge in [-0.2, -0.15) is 13.6 Å². The zero-order valence-electron chi connectivity index (χ0n) is 17.9. The van der Waals surface area contributed by atoms with Crippen molar-refractivity contribution in [3.8, 4) is 0 Å². The van der Waals surface area contributed by atoms with Gasteiger partial charge < -0.3 is 34.8 Å². The van der Waals surface area contributed by atoms with Crippen molar-refractivity contribution in [2.75, 3.05) is 11.6 Å². The molecule has 6 atom stereocenters. The molecule has 1 aromatic heterocycles. The minimum Gasteiger partial charge on any atom is -0.452 e. The highest BCUT2D eigenvalue weighted by Crippen LogP contribution is 2.73. The zero-order chi connectivity index (χ0) is 26.6. The molecule has 0 radical (unpaired) electrons. The van der Waals surface area contributed by atoms with Crippen molar-refractivity contribution in [1.29, 1.82) is 0 Å². The smallest absolute Gasteiger partial charge is 0.452 e. The average Bonchev–Trinajstić information content (AvgIpc) is 2.97. The number of carbonyl (C=O) groups excluding carboxylic acids is 1. The number of phosphoric ester groups is 1. The van der Waals surface area contributed by atoms with Crippen molar-refractivity contribution in [2.24, 2.45) is 5.92 Å². The van der Waals surface area contributed by atoms with E-state index in [1.165, 1.54) is 26.1 Å². The molecule has 6 N–H and O–H groups in total. The Morgan fingerprint density at radius 2 is 1.91 bits per heavy atom. The SMILES string of the molecule is CC(C)C(=O)O[C@@]12CC(n3ccc(N)nc3=O)O[C@]1(CCl)C2OP(=O)(O)OP(=O)(O)OP(=O)(O)O. The number of rotatable bonds is 10. The van der Waals surface area contributed by atoms with Crippen molar-refractivity contribution in [1.82, 2.24) is 9.55 Å². The zero-order valence-corrected chi connectivity index (χ0v) is 21.3. The molecule has 1 aliphatic heterocycles. The summed E-state index contributed by atoms with van der Waals surface area (Å²) in [7, 11) is -17.1. The second-order valence-electron chi connectivity index (χ2n) is 7.88. The number of fused-ring (bicyclic) bond motifs is 1. The van der Waals surface area contributed by atoms with E-state index in [0.717, 1.165) is 4.57 Å². The van der Waals surface area contributed by atoms with Gasteiger partial charge in [0.2, 0.25) is 0 Å². The van der Waals surface area contributed by atoms with Gasteiger partial charge in [-0.05, 0) is 6.07 Å². The lowest BCUT2D eigenvalue weighted by atomic mass is 10.1. The largest absolute Gasteiger partial charge is 0.490 e. The van der Waals surface area contributed by atoms with Crippen LogP contribution >= 0.6 is 35.1 Å². The number of ether oxygens (including phenoxy) is 2. The highest BCUT2D eigenvalue weighted by Gasteiger charge is 2.88. The number of nitrogens with two attached hydrogens (primary N) is 1. The maximum atomic E-state index is 12.4. The molecule has 0 bridgehead atoms. The molecule has 1 saturated heterocycles. The van der Waals surface area contributed by atoms with Crippen molar-refractivity contribution in [3.63, 3.8) is 0 Å². The van der Waals surface area contributed by atoms with E-state index >= 15 is 0 Å². The van der Waals surface area contributed by atoms with Crippen LogP contribution in [0.4, 0.5) is 5.82 Å². The van der Waals surface area contributed by atoms with E-state index in [-0.39, 0.29) is 12.2 Å². The number of esters is 1. The molecular formula is C14H21ClN3O14P3. The Bertz CT molecular complexity index is 1220. The van der Waals surface area contributed by atoms with Crippen LogP contribution in [0.5, 0.6) is 0 Å². The molecule has 198 valence electrons. The molecule has 2 fully saturated rings. The molecule has 0 amide bonds. The van der Waals surface area contributed by atoms with E-state index in [1.54, 1.807) is 0 Å². The Morgan fingerprint density at radius 3 is 2.43 bits per heavy atom. The summed E-state index contributed by atoms with van der Waals surface area (Å²) in [5, 5.41) is 0. The summed E-state index contributed by atoms with van der Waals surface area (Å²) >= 11 is 6.04. The maximum Gasteiger partial charge on any atom is 0.490 e. The lowest BCUT2D eigenvalue weighted by molar-refractivity contribution is -0.158. The number of carbonyl (C=O) groups is 1. The third-order valence-corrected chi connectivity index (χ3v) is 9.27. The van der Waals surface area contributed by atoms with Crippen LogP contribution in [-0.2, 0) is 41.1 Å². The molecule has 21 heteroatoms. The Labute approximate surface area is 201 Å². The molecule has 1 saturated carbocycles. The summed E-state index contributed by atoms with van der Waals surface area (Å²) in [5.74, 6) is -2.09. The second-order valence-corrected chi connectivity index (χ2v) is 12.5. The number of phosphoric acid groups is 3. The van der Waals surface area contributed by atoms with E-state index in [2.05, 4.69) is 13.6 Å². The molecule has 0 aromatic carbocycles. The molecule has 4 unspecified atom stereocenters. The van der Waals surface area contributed by atoms with E-state index in [4.69, 9.17) is 41.1 Å². The Balaban J connectivity index is 1.91. The lowest BCUT2D eigenvalue weighted by Gasteiger charge is -2.23. The summed E-state index contributed by atoms with van der Waals surface area (Å²) in [6.45, 7) is 2.98. The monoisotopic (exact) mass is 583 g/mol. The van der Waals surface area contributed by atoms with E-state index in [0.29, 0.717) is 0 Å². The molecule has 2 aliphatic rings. The average molecular weight is 584 g/mol. The summed E-state index contributed by atoms with van der Waals surface area (Å²) < 4.78 is 59.5. The minimum absolute atomic E-state index is 0.0760. The van der Waals surface area contributed by atoms with Gasteiger partial charge in [0.05, 0.1) is 11.8 Å². The number of alkyl halides is 1. The minimum atomic E-state index is -5.81. The summed E-state index contributed by atoms with van der Waals surface area (Å²) in [4.78, 5) is 64.9. The number of hydrogen-bond donors (Lipinski definition) is 5. The first kappa shape index (κ1) is 28.4. The fourth-order valence-electron chi connectivity index (χ4n) is 3.59. The molecule has 0 spiro atoms. The van der Waals surface area contributed by atoms with Crippen LogP contribution in [0.3, 0.4) is 0 Å². The molecule has 3 rings (SSSR count). The predicted molar refractivity (Wildman–Crippen MR) is 113 cm³/mol. The summed E-state index contributed by atoms with van der Waals surface area (Å²) in [6.07, 6.45) is -1.91. The molecule has 17 nitrogen and oxygen atoms in total. The van der Waals surface area contributed by atoms with Gasteiger partial charge in [0.1, 0.15) is 18.1 Å². The van der Waals surface area contributed by atoms with Gasteiger partial charge in [-0.3, -0.25) is 13.9 Å². The number of aromatic nitrogens is 2. The van der Waals surface area contributed by atoms with Crippen LogP contribution in [0.15, 0.2) is 17.1 Å². The number of anilines is 1. The van der Waals surface area contributed by atoms with Crippen molar-refractivity contribution >= 4 is 46.9 Å². The van der Waals surface area contributed by atoms with Crippen LogP contribution in [0, 0.1) is 5.92 Å². The maximum absolute atomic E-state index is 12.4. The molecule has 1 aromatic rings. The third kappa shape index (κ3) is 5.72. The first-order valence-electron chi connectivity index (χ1n) is 9.50. The number of halogens is 1. The first-order valence-corrected chi connectivity index (χ1v) is 14.6. The summed E-state index contributed by atoms with van der Waals surface area (Å²) in [5.41, 5.74) is 0.940. The van der Waals surface area contributed by atoms with Gasteiger partial charge in [0, 0.05) is 12.6 Å². The number of nitrogens with zero attached hydrogens (tertiary/aromatic N) is 2. The van der Waals surface area contributed by atoms with Crippen molar-refractivity contribution in [2.45, 2.75) is 43.8 Å². The quantitative estimate of drug-likeness (QED) is 0.142. The van der Waals surface area contributed by atoms with Crippen LogP contribution in [0.25, 0.3) is 0 Å². The number of hydrogen-bond acceptors (Lipinski definition) is 12. The Hall–Kier alpha value is -1.19. The fourth-order valence-corrected chi connectivity index (χ4v) is 7.28. The van der Waals surface area contributed by atoms with Crippen LogP contribution < -0.4 is 11.4 Å². The fraction of sp³-hybridized carbons (Fsp3) is 0.643. The second kappa shape index (κ2) is 9.28. The van der Waals surface area contributed by atoms with Gasteiger partial charge in [-0.25, -0.2) is 18.5 Å². The lowest BCUT2D eigenvalue weighted by Crippen LogP contribution is -2.32. The Morgan fingerprint density at radius 1 is 1.29 bits per heavy atom. The van der Waals surface area contributed by atoms with Crippen molar-refractivity contribution < 1.29 is 60.7 Å². The molecule has 2 heterocycles. The van der Waals surface area contributed by atoms with Gasteiger partial charge >= 0.3 is 35.1 Å². The molecule has 1 aliphatic carbocycles. The van der Waals surface area contributed by atoms with Gasteiger partial charge in [0.25, 0.3) is 0 Å². The molecular weight excluding hydrogens is 563 g/mol. The first-order chi connectivity index (χ1) is 15.9. The number of nitrogen functional groups attached to an aromatic ring is 1. The van der Waals surface area contributed by atoms with E-state index < -0.39 is 70.5 Å². The predicted octanol–water partition coefficient (Wildman–Crippen LogP) is 0.386. The van der Waals surface area contributed by atoms with Crippen LogP contribution in [-0.4, -0.2) is 58.3 Å². The van der Waals surface area contributed by atoms with Gasteiger partial charge in [-0.15, -0.1) is 11.6 Å². The highest BCUT2D eigenvalue weighted by atomic mass is 35.5. The van der Waals surface area contributed by atoms with Crippen LogP contribution in [0.1, 0.15) is 26.5 Å². The normalized spacial score (nSPS) is 31.4. The van der Waals surface area contributed by atoms with Crippen molar-refractivity contribution in [3.05, 3.63) is 22.7 Å². The van der Waals surface area contributed by atoms with Gasteiger partial charge in [-0.1, -0.05) is 13.8 Å². The van der Waals surface area contributed by atoms with Gasteiger partial charge in [0.15, 0.2) is 11.2 Å². The Kier molecular flexibility index (Phi) is 7.53. The standard InChI is InChI=1S/C14H21ClN3O14P3/c1-7(2)10(19)29-13-5-9(18-4-3-8(16)17-12(18)20)28-14(13,6-15)11(13)30-34(24,25)32-35(26,27)31-33(21,22)23/h3-4,7,9,11H,5-6H2,1-2H3,(H,24,25)(H,26,27)(H2,16,17,20)(H2,21,22,23)/t9?,11?,13-,14-/m1/s1. The topological polar surface area (TPSA) is 256 Å². The molecule has 35 heavy (non-hydrogen) atoms.